The number of aryl methyl sites for hydroxylation is 1. The molecule has 1 aliphatic rings. The summed E-state index contributed by atoms with van der Waals surface area (Å²) in [5.74, 6) is 0.327. The van der Waals surface area contributed by atoms with Crippen molar-refractivity contribution in [1.29, 1.82) is 0 Å². The third kappa shape index (κ3) is 3.61. The number of halogens is 1. The predicted molar refractivity (Wildman–Crippen MR) is 84.8 cm³/mol. The molecule has 0 N–H and O–H groups in total. The van der Waals surface area contributed by atoms with Gasteiger partial charge in [-0.1, -0.05) is 28.9 Å². The Kier molecular flexibility index (Phi) is 4.98. The normalized spacial score (nSPS) is 17.6. The van der Waals surface area contributed by atoms with Gasteiger partial charge in [0.2, 0.25) is 0 Å². The molecule has 6 heteroatoms. The Balaban J connectivity index is 2.18. The number of hydrogen-bond donors (Lipinski definition) is 0. The maximum absolute atomic E-state index is 12.6. The molecule has 21 heavy (non-hydrogen) atoms. The first kappa shape index (κ1) is 15.9. The van der Waals surface area contributed by atoms with E-state index in [9.17, 15) is 14.9 Å². The van der Waals surface area contributed by atoms with Crippen molar-refractivity contribution >= 4 is 27.5 Å². The number of nitrogens with zero attached hydrogens (tertiary/aromatic N) is 2. The monoisotopic (exact) mass is 354 g/mol. The van der Waals surface area contributed by atoms with Gasteiger partial charge in [-0.3, -0.25) is 14.9 Å². The lowest BCUT2D eigenvalue weighted by Crippen LogP contribution is -2.40. The van der Waals surface area contributed by atoms with Crippen molar-refractivity contribution in [2.45, 2.75) is 31.5 Å². The number of alkyl halides is 1. The van der Waals surface area contributed by atoms with E-state index in [2.05, 4.69) is 22.9 Å². The molecular formula is C15H19BrN2O3. The van der Waals surface area contributed by atoms with Crippen molar-refractivity contribution in [3.63, 3.8) is 0 Å². The second-order valence-electron chi connectivity index (χ2n) is 5.58. The molecule has 1 fully saturated rings. The summed E-state index contributed by atoms with van der Waals surface area (Å²) in [5.41, 5.74) is 0.944. The second-order valence-corrected chi connectivity index (χ2v) is 7.03. The molecule has 1 heterocycles. The molecule has 1 unspecified atom stereocenters. The molecule has 0 spiro atoms. The van der Waals surface area contributed by atoms with Gasteiger partial charge in [0.25, 0.3) is 11.6 Å². The van der Waals surface area contributed by atoms with Gasteiger partial charge in [0.05, 0.1) is 4.92 Å². The Morgan fingerprint density at radius 3 is 2.57 bits per heavy atom. The number of nitro groups is 1. The van der Waals surface area contributed by atoms with Gasteiger partial charge >= 0.3 is 0 Å². The van der Waals surface area contributed by atoms with Gasteiger partial charge < -0.3 is 4.90 Å². The maximum atomic E-state index is 12.6. The average molecular weight is 355 g/mol. The van der Waals surface area contributed by atoms with Crippen molar-refractivity contribution in [2.75, 3.05) is 13.1 Å². The van der Waals surface area contributed by atoms with Crippen LogP contribution in [0.3, 0.4) is 0 Å². The van der Waals surface area contributed by atoms with Gasteiger partial charge in [-0.25, -0.2) is 0 Å². The standard InChI is InChI=1S/C15H19BrN2O3/c1-10-3-4-14(18(20)21)13(9-10)15(19)17-7-5-12(6-8-17)11(2)16/h3-4,9,11-12H,5-8H2,1-2H3. The van der Waals surface area contributed by atoms with Gasteiger partial charge in [0.15, 0.2) is 0 Å². The van der Waals surface area contributed by atoms with Crippen LogP contribution in [0.1, 0.15) is 35.7 Å². The summed E-state index contributed by atoms with van der Waals surface area (Å²) in [6.45, 7) is 5.27. The van der Waals surface area contributed by atoms with Crippen molar-refractivity contribution < 1.29 is 9.72 Å². The SMILES string of the molecule is Cc1ccc([N+](=O)[O-])c(C(=O)N2CCC(C(C)Br)CC2)c1. The summed E-state index contributed by atoms with van der Waals surface area (Å²) in [4.78, 5) is 25.3. The highest BCUT2D eigenvalue weighted by Crippen LogP contribution is 2.28. The molecule has 1 atom stereocenters. The van der Waals surface area contributed by atoms with Gasteiger partial charge in [-0.2, -0.15) is 0 Å². The Hall–Kier alpha value is -1.43. The molecule has 2 rings (SSSR count). The summed E-state index contributed by atoms with van der Waals surface area (Å²) < 4.78 is 0. The largest absolute Gasteiger partial charge is 0.338 e. The fraction of sp³-hybridized carbons (Fsp3) is 0.533. The summed E-state index contributed by atoms with van der Waals surface area (Å²) in [6, 6.07) is 4.68. The van der Waals surface area contributed by atoms with Crippen LogP contribution in [0, 0.1) is 23.0 Å². The fourth-order valence-corrected chi connectivity index (χ4v) is 3.24. The van der Waals surface area contributed by atoms with Crippen LogP contribution >= 0.6 is 15.9 Å². The number of hydrogen-bond acceptors (Lipinski definition) is 3. The van der Waals surface area contributed by atoms with Crippen molar-refractivity contribution in [1.82, 2.24) is 4.90 Å². The Labute approximate surface area is 132 Å². The number of nitro benzene ring substituents is 1. The van der Waals surface area contributed by atoms with Gasteiger partial charge in [-0.15, -0.1) is 0 Å². The van der Waals surface area contributed by atoms with E-state index in [0.29, 0.717) is 23.8 Å². The van der Waals surface area contributed by atoms with E-state index in [4.69, 9.17) is 0 Å². The lowest BCUT2D eigenvalue weighted by molar-refractivity contribution is -0.385. The zero-order valence-electron chi connectivity index (χ0n) is 12.2. The summed E-state index contributed by atoms with van der Waals surface area (Å²) in [5, 5.41) is 11.1. The zero-order chi connectivity index (χ0) is 15.6. The smallest absolute Gasteiger partial charge is 0.282 e. The highest BCUT2D eigenvalue weighted by atomic mass is 79.9. The molecular weight excluding hydrogens is 336 g/mol. The zero-order valence-corrected chi connectivity index (χ0v) is 13.8. The lowest BCUT2D eigenvalue weighted by Gasteiger charge is -2.33. The van der Waals surface area contributed by atoms with Crippen LogP contribution in [0.4, 0.5) is 5.69 Å². The van der Waals surface area contributed by atoms with E-state index in [-0.39, 0.29) is 17.2 Å². The number of amides is 1. The number of piperidine rings is 1. The highest BCUT2D eigenvalue weighted by molar-refractivity contribution is 9.09. The van der Waals surface area contributed by atoms with Crippen LogP contribution in [0.2, 0.25) is 0 Å². The molecule has 1 aromatic rings. The lowest BCUT2D eigenvalue weighted by atomic mass is 9.94. The molecule has 0 aliphatic carbocycles. The molecule has 1 saturated heterocycles. The third-order valence-electron chi connectivity index (χ3n) is 4.06. The molecule has 1 aliphatic heterocycles. The van der Waals surface area contributed by atoms with E-state index < -0.39 is 4.92 Å². The molecule has 1 amide bonds. The number of rotatable bonds is 3. The Bertz CT molecular complexity index is 552. The number of likely N-dealkylation sites (tertiary alicyclic amines) is 1. The quantitative estimate of drug-likeness (QED) is 0.473. The minimum atomic E-state index is -0.486. The Morgan fingerprint density at radius 1 is 1.43 bits per heavy atom. The second kappa shape index (κ2) is 6.56. The van der Waals surface area contributed by atoms with Crippen molar-refractivity contribution in [3.8, 4) is 0 Å². The van der Waals surface area contributed by atoms with Crippen LogP contribution in [0.15, 0.2) is 18.2 Å². The van der Waals surface area contributed by atoms with Gasteiger partial charge in [0.1, 0.15) is 5.56 Å². The van der Waals surface area contributed by atoms with Gasteiger partial charge in [-0.05, 0) is 37.3 Å². The average Bonchev–Trinajstić information content (AvgIpc) is 2.46. The first-order chi connectivity index (χ1) is 9.90. The van der Waals surface area contributed by atoms with E-state index in [1.807, 2.05) is 6.92 Å². The van der Waals surface area contributed by atoms with Crippen LogP contribution < -0.4 is 0 Å². The summed E-state index contributed by atoms with van der Waals surface area (Å²) in [6.07, 6.45) is 1.86. The maximum Gasteiger partial charge on any atom is 0.282 e. The van der Waals surface area contributed by atoms with Crippen LogP contribution in [0.5, 0.6) is 0 Å². The van der Waals surface area contributed by atoms with Crippen LogP contribution in [-0.2, 0) is 0 Å². The minimum Gasteiger partial charge on any atom is -0.338 e. The molecule has 114 valence electrons. The fourth-order valence-electron chi connectivity index (χ4n) is 2.71. The molecule has 1 aromatic carbocycles. The molecule has 0 radical (unpaired) electrons. The molecule has 0 aromatic heterocycles. The van der Waals surface area contributed by atoms with E-state index in [1.54, 1.807) is 17.0 Å². The number of benzene rings is 1. The predicted octanol–water partition coefficient (Wildman–Crippen LogP) is 3.54. The van der Waals surface area contributed by atoms with Crippen molar-refractivity contribution in [3.05, 3.63) is 39.4 Å². The summed E-state index contributed by atoms with van der Waals surface area (Å²) >= 11 is 3.59. The van der Waals surface area contributed by atoms with Crippen LogP contribution in [-0.4, -0.2) is 33.6 Å². The number of carbonyl (C=O) groups excluding carboxylic acids is 1. The van der Waals surface area contributed by atoms with E-state index in [0.717, 1.165) is 18.4 Å². The highest BCUT2D eigenvalue weighted by Gasteiger charge is 2.29. The third-order valence-corrected chi connectivity index (χ3v) is 4.80. The van der Waals surface area contributed by atoms with Crippen LogP contribution in [0.25, 0.3) is 0 Å². The molecule has 0 bridgehead atoms. The van der Waals surface area contributed by atoms with E-state index >= 15 is 0 Å². The summed E-state index contributed by atoms with van der Waals surface area (Å²) in [7, 11) is 0. The first-order valence-electron chi connectivity index (χ1n) is 7.08. The van der Waals surface area contributed by atoms with E-state index in [1.165, 1.54) is 6.07 Å². The van der Waals surface area contributed by atoms with Gasteiger partial charge in [0, 0.05) is 24.0 Å². The minimum absolute atomic E-state index is 0.110. The molecule has 0 saturated carbocycles. The number of carbonyl (C=O) groups is 1. The first-order valence-corrected chi connectivity index (χ1v) is 8.00. The Morgan fingerprint density at radius 2 is 2.05 bits per heavy atom. The topological polar surface area (TPSA) is 63.5 Å². The van der Waals surface area contributed by atoms with Crippen molar-refractivity contribution in [2.24, 2.45) is 5.92 Å². The molecule has 5 nitrogen and oxygen atoms in total.